The summed E-state index contributed by atoms with van der Waals surface area (Å²) in [6, 6.07) is 6.26. The van der Waals surface area contributed by atoms with E-state index >= 15 is 0 Å². The Hall–Kier alpha value is -1.18. The van der Waals surface area contributed by atoms with Gasteiger partial charge in [0, 0.05) is 11.8 Å². The van der Waals surface area contributed by atoms with Crippen LogP contribution in [0.15, 0.2) is 24.3 Å². The van der Waals surface area contributed by atoms with Crippen LogP contribution in [0.25, 0.3) is 0 Å². The molecule has 1 fully saturated rings. The predicted molar refractivity (Wildman–Crippen MR) is 66.3 cm³/mol. The van der Waals surface area contributed by atoms with Gasteiger partial charge in [0.1, 0.15) is 11.6 Å². The second-order valence-electron chi connectivity index (χ2n) is 5.35. The first-order chi connectivity index (χ1) is 8.10. The molecule has 1 aromatic carbocycles. The summed E-state index contributed by atoms with van der Waals surface area (Å²) in [7, 11) is 0. The Morgan fingerprint density at radius 3 is 2.35 bits per heavy atom. The van der Waals surface area contributed by atoms with Crippen LogP contribution in [0.5, 0.6) is 0 Å². The van der Waals surface area contributed by atoms with E-state index in [1.807, 2.05) is 0 Å². The number of ketones is 1. The highest BCUT2D eigenvalue weighted by Crippen LogP contribution is 2.37. The number of halogens is 1. The number of carbonyl (C=O) groups excluding carboxylic acids is 1. The van der Waals surface area contributed by atoms with Crippen molar-refractivity contribution >= 4 is 5.78 Å². The average Bonchev–Trinajstić information content (AvgIpc) is 2.33. The van der Waals surface area contributed by atoms with Gasteiger partial charge in [-0.3, -0.25) is 4.79 Å². The van der Waals surface area contributed by atoms with Crippen LogP contribution < -0.4 is 0 Å². The highest BCUT2D eigenvalue weighted by molar-refractivity contribution is 5.86. The Morgan fingerprint density at radius 1 is 1.18 bits per heavy atom. The van der Waals surface area contributed by atoms with E-state index < -0.39 is 0 Å². The first-order valence-corrected chi connectivity index (χ1v) is 6.38. The van der Waals surface area contributed by atoms with E-state index in [0.717, 1.165) is 31.2 Å². The van der Waals surface area contributed by atoms with Crippen molar-refractivity contribution in [3.8, 4) is 0 Å². The zero-order chi connectivity index (χ0) is 12.3. The Morgan fingerprint density at radius 2 is 1.76 bits per heavy atom. The lowest BCUT2D eigenvalue weighted by Gasteiger charge is -2.32. The number of rotatable bonds is 3. The molecule has 0 radical (unpaired) electrons. The molecule has 2 rings (SSSR count). The highest BCUT2D eigenvalue weighted by Gasteiger charge is 2.33. The highest BCUT2D eigenvalue weighted by atomic mass is 19.1. The lowest BCUT2D eigenvalue weighted by Crippen LogP contribution is -2.31. The Balaban J connectivity index is 2.03. The number of Topliss-reactive ketones (excluding diaryl/α,β-unsaturated/α-hetero) is 1. The van der Waals surface area contributed by atoms with Gasteiger partial charge in [-0.05, 0) is 30.5 Å². The van der Waals surface area contributed by atoms with Crippen molar-refractivity contribution in [1.29, 1.82) is 0 Å². The summed E-state index contributed by atoms with van der Waals surface area (Å²) in [6.45, 7) is 2.08. The molecule has 1 nitrogen and oxygen atoms in total. The molecule has 92 valence electrons. The summed E-state index contributed by atoms with van der Waals surface area (Å²) in [4.78, 5) is 12.3. The van der Waals surface area contributed by atoms with Crippen molar-refractivity contribution < 1.29 is 9.18 Å². The van der Waals surface area contributed by atoms with Crippen LogP contribution in [0.2, 0.25) is 0 Å². The van der Waals surface area contributed by atoms with Crippen molar-refractivity contribution in [1.82, 2.24) is 0 Å². The Kier molecular flexibility index (Phi) is 3.60. The van der Waals surface area contributed by atoms with Crippen LogP contribution in [0.4, 0.5) is 4.39 Å². The zero-order valence-corrected chi connectivity index (χ0v) is 10.3. The maximum Gasteiger partial charge on any atom is 0.143 e. The van der Waals surface area contributed by atoms with Crippen molar-refractivity contribution in [2.75, 3.05) is 0 Å². The van der Waals surface area contributed by atoms with E-state index in [9.17, 15) is 9.18 Å². The molecule has 0 aliphatic heterocycles. The summed E-state index contributed by atoms with van der Waals surface area (Å²) >= 11 is 0. The van der Waals surface area contributed by atoms with Crippen LogP contribution in [0.3, 0.4) is 0 Å². The van der Waals surface area contributed by atoms with Gasteiger partial charge >= 0.3 is 0 Å². The minimum atomic E-state index is -0.245. The van der Waals surface area contributed by atoms with E-state index in [1.165, 1.54) is 18.6 Å². The van der Waals surface area contributed by atoms with Gasteiger partial charge in [-0.2, -0.15) is 0 Å². The standard InChI is InChI=1S/C15H19FO/c1-15(9-3-2-4-10-15)14(17)11-12-5-7-13(16)8-6-12/h5-8H,2-4,9-11H2,1H3. The second kappa shape index (κ2) is 4.99. The number of hydrogen-bond donors (Lipinski definition) is 0. The van der Waals surface area contributed by atoms with Gasteiger partial charge in [0.15, 0.2) is 0 Å². The number of hydrogen-bond acceptors (Lipinski definition) is 1. The molecule has 0 heterocycles. The lowest BCUT2D eigenvalue weighted by molar-refractivity contribution is -0.128. The summed E-state index contributed by atoms with van der Waals surface area (Å²) in [5, 5.41) is 0. The van der Waals surface area contributed by atoms with Gasteiger partial charge in [-0.1, -0.05) is 38.3 Å². The summed E-state index contributed by atoms with van der Waals surface area (Å²) in [6.07, 6.45) is 6.02. The predicted octanol–water partition coefficient (Wildman–Crippen LogP) is 3.91. The molecular weight excluding hydrogens is 215 g/mol. The smallest absolute Gasteiger partial charge is 0.143 e. The molecule has 17 heavy (non-hydrogen) atoms. The molecule has 0 aromatic heterocycles. The topological polar surface area (TPSA) is 17.1 Å². The third-order valence-corrected chi connectivity index (χ3v) is 3.91. The molecular formula is C15H19FO. The van der Waals surface area contributed by atoms with E-state index in [1.54, 1.807) is 12.1 Å². The maximum absolute atomic E-state index is 12.8. The van der Waals surface area contributed by atoms with Gasteiger partial charge in [0.25, 0.3) is 0 Å². The Labute approximate surface area is 102 Å². The second-order valence-corrected chi connectivity index (χ2v) is 5.35. The fourth-order valence-corrected chi connectivity index (χ4v) is 2.61. The minimum absolute atomic E-state index is 0.146. The first kappa shape index (κ1) is 12.3. The van der Waals surface area contributed by atoms with Crippen LogP contribution >= 0.6 is 0 Å². The molecule has 1 aromatic rings. The van der Waals surface area contributed by atoms with Crippen LogP contribution in [-0.2, 0) is 11.2 Å². The summed E-state index contributed by atoms with van der Waals surface area (Å²) in [5.41, 5.74) is 0.773. The maximum atomic E-state index is 12.8. The Bertz CT molecular complexity index is 388. The minimum Gasteiger partial charge on any atom is -0.299 e. The molecule has 0 saturated heterocycles. The number of carbonyl (C=O) groups is 1. The molecule has 0 unspecified atom stereocenters. The third kappa shape index (κ3) is 2.93. The van der Waals surface area contributed by atoms with E-state index in [2.05, 4.69) is 6.92 Å². The van der Waals surface area contributed by atoms with E-state index in [4.69, 9.17) is 0 Å². The van der Waals surface area contributed by atoms with Crippen LogP contribution in [-0.4, -0.2) is 5.78 Å². The summed E-state index contributed by atoms with van der Waals surface area (Å²) in [5.74, 6) is 0.0638. The molecule has 0 N–H and O–H groups in total. The van der Waals surface area contributed by atoms with Crippen LogP contribution in [0, 0.1) is 11.2 Å². The summed E-state index contributed by atoms with van der Waals surface area (Å²) < 4.78 is 12.8. The third-order valence-electron chi connectivity index (χ3n) is 3.91. The quantitative estimate of drug-likeness (QED) is 0.775. The molecule has 2 heteroatoms. The lowest BCUT2D eigenvalue weighted by atomic mass is 9.71. The molecule has 0 bridgehead atoms. The largest absolute Gasteiger partial charge is 0.299 e. The molecule has 0 atom stereocenters. The van der Waals surface area contributed by atoms with Gasteiger partial charge in [0.2, 0.25) is 0 Å². The zero-order valence-electron chi connectivity index (χ0n) is 10.3. The molecule has 0 amide bonds. The monoisotopic (exact) mass is 234 g/mol. The average molecular weight is 234 g/mol. The number of benzene rings is 1. The van der Waals surface area contributed by atoms with Crippen molar-refractivity contribution in [3.63, 3.8) is 0 Å². The SMILES string of the molecule is CC1(C(=O)Cc2ccc(F)cc2)CCCCC1. The van der Waals surface area contributed by atoms with Gasteiger partial charge in [-0.25, -0.2) is 4.39 Å². The first-order valence-electron chi connectivity index (χ1n) is 6.38. The molecule has 1 aliphatic rings. The van der Waals surface area contributed by atoms with E-state index in [-0.39, 0.29) is 11.2 Å². The van der Waals surface area contributed by atoms with Crippen molar-refractivity contribution in [3.05, 3.63) is 35.6 Å². The van der Waals surface area contributed by atoms with E-state index in [0.29, 0.717) is 12.2 Å². The van der Waals surface area contributed by atoms with Crippen molar-refractivity contribution in [2.24, 2.45) is 5.41 Å². The van der Waals surface area contributed by atoms with Gasteiger partial charge in [-0.15, -0.1) is 0 Å². The molecule has 1 saturated carbocycles. The molecule has 1 aliphatic carbocycles. The van der Waals surface area contributed by atoms with Crippen molar-refractivity contribution in [2.45, 2.75) is 45.4 Å². The van der Waals surface area contributed by atoms with Crippen LogP contribution in [0.1, 0.15) is 44.6 Å². The normalized spacial score (nSPS) is 18.9. The van der Waals surface area contributed by atoms with Gasteiger partial charge < -0.3 is 0 Å². The fraction of sp³-hybridized carbons (Fsp3) is 0.533. The fourth-order valence-electron chi connectivity index (χ4n) is 2.61. The van der Waals surface area contributed by atoms with Gasteiger partial charge in [0.05, 0.1) is 0 Å². The molecule has 0 spiro atoms.